The van der Waals surface area contributed by atoms with Crippen LogP contribution in [0, 0.1) is 0 Å². The van der Waals surface area contributed by atoms with E-state index >= 15 is 0 Å². The fourth-order valence-electron chi connectivity index (χ4n) is 0.441. The molecule has 0 saturated carbocycles. The van der Waals surface area contributed by atoms with Crippen LogP contribution in [0.2, 0.25) is 0 Å². The van der Waals surface area contributed by atoms with Crippen LogP contribution in [0.5, 0.6) is 0 Å². The maximum atomic E-state index is 8.35. The molecule has 2 heteroatoms. The predicted molar refractivity (Wildman–Crippen MR) is 37.1 cm³/mol. The third-order valence-corrected chi connectivity index (χ3v) is 0.888. The fourth-order valence-corrected chi connectivity index (χ4v) is 0.441. The Balaban J connectivity index is 2.86. The van der Waals surface area contributed by atoms with Crippen molar-refractivity contribution in [3.8, 4) is 0 Å². The molecule has 1 N–H and O–H groups in total. The van der Waals surface area contributed by atoms with Crippen LogP contribution in [0.3, 0.4) is 0 Å². The Bertz CT molecular complexity index is 69.3. The van der Waals surface area contributed by atoms with Crippen molar-refractivity contribution < 1.29 is 9.84 Å². The molecule has 0 radical (unpaired) electrons. The molecule has 0 unspecified atom stereocenters. The highest BCUT2D eigenvalue weighted by atomic mass is 16.5. The number of unbranched alkanes of at least 4 members (excludes halogenated alkanes) is 1. The van der Waals surface area contributed by atoms with Crippen molar-refractivity contribution >= 4 is 0 Å². The van der Waals surface area contributed by atoms with Gasteiger partial charge in [-0.05, 0) is 25.8 Å². The molecule has 9 heavy (non-hydrogen) atoms. The molecule has 0 aromatic rings. The monoisotopic (exact) mass is 130 g/mol. The van der Waals surface area contributed by atoms with Gasteiger partial charge < -0.3 is 9.84 Å². The summed E-state index contributed by atoms with van der Waals surface area (Å²) in [6, 6.07) is 0. The molecule has 2 nitrogen and oxygen atoms in total. The van der Waals surface area contributed by atoms with Crippen LogP contribution in [-0.4, -0.2) is 18.3 Å². The van der Waals surface area contributed by atoms with Crippen LogP contribution in [0.15, 0.2) is 12.3 Å². The van der Waals surface area contributed by atoms with Crippen molar-refractivity contribution in [3.05, 3.63) is 12.3 Å². The van der Waals surface area contributed by atoms with Gasteiger partial charge in [0.25, 0.3) is 0 Å². The number of ether oxygens (including phenoxy) is 1. The maximum absolute atomic E-state index is 8.35. The molecule has 0 aliphatic rings. The lowest BCUT2D eigenvalue weighted by Gasteiger charge is -1.91. The quantitative estimate of drug-likeness (QED) is 0.449. The second kappa shape index (κ2) is 7.50. The van der Waals surface area contributed by atoms with Gasteiger partial charge in [0.2, 0.25) is 0 Å². The predicted octanol–water partition coefficient (Wildman–Crippen LogP) is 1.31. The molecule has 0 spiro atoms. The number of hydrogen-bond donors (Lipinski definition) is 1. The van der Waals surface area contributed by atoms with E-state index in [1.54, 1.807) is 6.26 Å². The summed E-state index contributed by atoms with van der Waals surface area (Å²) in [5.41, 5.74) is 0. The first-order valence-corrected chi connectivity index (χ1v) is 3.29. The third-order valence-electron chi connectivity index (χ3n) is 0.888. The van der Waals surface area contributed by atoms with Gasteiger partial charge in [-0.25, -0.2) is 0 Å². The summed E-state index contributed by atoms with van der Waals surface area (Å²) in [5.74, 6) is 0. The van der Waals surface area contributed by atoms with Gasteiger partial charge in [0.15, 0.2) is 0 Å². The SMILES string of the molecule is CCO/C=C/CCCO. The first-order valence-electron chi connectivity index (χ1n) is 3.29. The summed E-state index contributed by atoms with van der Waals surface area (Å²) in [6.07, 6.45) is 5.31. The van der Waals surface area contributed by atoms with Crippen molar-refractivity contribution in [2.75, 3.05) is 13.2 Å². The van der Waals surface area contributed by atoms with Gasteiger partial charge in [0, 0.05) is 6.61 Å². The molecule has 0 bridgehead atoms. The van der Waals surface area contributed by atoms with E-state index in [0.717, 1.165) is 19.4 Å². The van der Waals surface area contributed by atoms with Gasteiger partial charge in [-0.1, -0.05) is 0 Å². The van der Waals surface area contributed by atoms with Gasteiger partial charge in [-0.3, -0.25) is 0 Å². The van der Waals surface area contributed by atoms with Crippen molar-refractivity contribution in [1.29, 1.82) is 0 Å². The zero-order valence-electron chi connectivity index (χ0n) is 5.84. The van der Waals surface area contributed by atoms with Gasteiger partial charge in [0.05, 0.1) is 12.9 Å². The summed E-state index contributed by atoms with van der Waals surface area (Å²) in [6.45, 7) is 2.92. The normalized spacial score (nSPS) is 10.4. The minimum Gasteiger partial charge on any atom is -0.502 e. The largest absolute Gasteiger partial charge is 0.502 e. The minimum absolute atomic E-state index is 0.260. The second-order valence-corrected chi connectivity index (χ2v) is 1.69. The lowest BCUT2D eigenvalue weighted by atomic mass is 10.3. The standard InChI is InChI=1S/C7H14O2/c1-2-9-7-5-3-4-6-8/h5,7-8H,2-4,6H2,1H3/b7-5+. The summed E-state index contributed by atoms with van der Waals surface area (Å²) < 4.78 is 4.92. The summed E-state index contributed by atoms with van der Waals surface area (Å²) >= 11 is 0. The van der Waals surface area contributed by atoms with E-state index < -0.39 is 0 Å². The van der Waals surface area contributed by atoms with E-state index in [-0.39, 0.29) is 6.61 Å². The van der Waals surface area contributed by atoms with Crippen LogP contribution in [0.1, 0.15) is 19.8 Å². The van der Waals surface area contributed by atoms with Gasteiger partial charge in [-0.15, -0.1) is 0 Å². The molecule has 0 aliphatic heterocycles. The first-order chi connectivity index (χ1) is 4.41. The van der Waals surface area contributed by atoms with E-state index in [0.29, 0.717) is 0 Å². The Kier molecular flexibility index (Phi) is 7.08. The number of allylic oxidation sites excluding steroid dienone is 1. The van der Waals surface area contributed by atoms with Gasteiger partial charge >= 0.3 is 0 Å². The van der Waals surface area contributed by atoms with E-state index in [1.165, 1.54) is 0 Å². The van der Waals surface area contributed by atoms with E-state index in [1.807, 2.05) is 13.0 Å². The Hall–Kier alpha value is -0.500. The summed E-state index contributed by atoms with van der Waals surface area (Å²) in [7, 11) is 0. The zero-order chi connectivity index (χ0) is 6.95. The number of aliphatic hydroxyl groups is 1. The number of aliphatic hydroxyl groups excluding tert-OH is 1. The maximum Gasteiger partial charge on any atom is 0.0845 e. The Morgan fingerprint density at radius 1 is 1.56 bits per heavy atom. The molecule has 54 valence electrons. The average Bonchev–Trinajstić information content (AvgIpc) is 1.89. The molecule has 0 aliphatic carbocycles. The van der Waals surface area contributed by atoms with Crippen molar-refractivity contribution in [2.45, 2.75) is 19.8 Å². The van der Waals surface area contributed by atoms with Gasteiger partial charge in [0.1, 0.15) is 0 Å². The van der Waals surface area contributed by atoms with Crippen LogP contribution < -0.4 is 0 Å². The smallest absolute Gasteiger partial charge is 0.0845 e. The number of rotatable bonds is 5. The summed E-state index contributed by atoms with van der Waals surface area (Å²) in [5, 5.41) is 8.35. The lowest BCUT2D eigenvalue weighted by Crippen LogP contribution is -1.80. The molecule has 0 atom stereocenters. The molecular weight excluding hydrogens is 116 g/mol. The van der Waals surface area contributed by atoms with Crippen LogP contribution >= 0.6 is 0 Å². The Morgan fingerprint density at radius 2 is 2.33 bits per heavy atom. The highest BCUT2D eigenvalue weighted by Gasteiger charge is 1.77. The average molecular weight is 130 g/mol. The minimum atomic E-state index is 0.260. The fraction of sp³-hybridized carbons (Fsp3) is 0.714. The molecule has 0 aromatic heterocycles. The van der Waals surface area contributed by atoms with E-state index in [9.17, 15) is 0 Å². The molecule has 0 aromatic carbocycles. The van der Waals surface area contributed by atoms with Crippen molar-refractivity contribution in [3.63, 3.8) is 0 Å². The van der Waals surface area contributed by atoms with E-state index in [2.05, 4.69) is 0 Å². The molecule has 0 rings (SSSR count). The molecule has 0 fully saturated rings. The Morgan fingerprint density at radius 3 is 2.89 bits per heavy atom. The van der Waals surface area contributed by atoms with Crippen LogP contribution in [0.4, 0.5) is 0 Å². The second-order valence-electron chi connectivity index (χ2n) is 1.69. The molecule has 0 amide bonds. The molecular formula is C7H14O2. The summed E-state index contributed by atoms with van der Waals surface area (Å²) in [4.78, 5) is 0. The lowest BCUT2D eigenvalue weighted by molar-refractivity contribution is 0.265. The van der Waals surface area contributed by atoms with E-state index in [4.69, 9.17) is 9.84 Å². The van der Waals surface area contributed by atoms with Crippen molar-refractivity contribution in [2.24, 2.45) is 0 Å². The molecule has 0 heterocycles. The topological polar surface area (TPSA) is 29.5 Å². The first kappa shape index (κ1) is 8.50. The molecule has 0 saturated heterocycles. The zero-order valence-corrected chi connectivity index (χ0v) is 5.84. The third kappa shape index (κ3) is 7.50. The Labute approximate surface area is 56.1 Å². The van der Waals surface area contributed by atoms with Gasteiger partial charge in [-0.2, -0.15) is 0 Å². The van der Waals surface area contributed by atoms with Crippen LogP contribution in [0.25, 0.3) is 0 Å². The highest BCUT2D eigenvalue weighted by molar-refractivity contribution is 4.72. The van der Waals surface area contributed by atoms with Crippen LogP contribution in [-0.2, 0) is 4.74 Å². The highest BCUT2D eigenvalue weighted by Crippen LogP contribution is 1.88. The number of hydrogen-bond acceptors (Lipinski definition) is 2. The van der Waals surface area contributed by atoms with Crippen molar-refractivity contribution in [1.82, 2.24) is 0 Å².